The number of hydrogen-bond donors (Lipinski definition) is 1. The normalized spacial score (nSPS) is 10.7. The zero-order chi connectivity index (χ0) is 12.3. The third-order valence-electron chi connectivity index (χ3n) is 2.54. The molecule has 0 aliphatic carbocycles. The monoisotopic (exact) mass is 290 g/mol. The van der Waals surface area contributed by atoms with E-state index in [0.29, 0.717) is 0 Å². The molecule has 1 aromatic heterocycles. The fourth-order valence-corrected chi connectivity index (χ4v) is 2.20. The zero-order valence-electron chi connectivity index (χ0n) is 9.83. The average Bonchev–Trinajstić information content (AvgIpc) is 2.32. The number of benzene rings is 1. The van der Waals surface area contributed by atoms with Crippen molar-refractivity contribution in [2.45, 2.75) is 13.5 Å². The molecule has 0 unspecified atom stereocenters. The van der Waals surface area contributed by atoms with Crippen LogP contribution in [0.25, 0.3) is 10.9 Å². The first kappa shape index (κ1) is 12.3. The minimum absolute atomic E-state index is 0.813. The minimum Gasteiger partial charge on any atom is -0.309 e. The summed E-state index contributed by atoms with van der Waals surface area (Å²) in [6.45, 7) is 7.55. The van der Waals surface area contributed by atoms with Crippen LogP contribution in [0.15, 0.2) is 47.1 Å². The smallest absolute Gasteiger partial charge is 0.0758 e. The molecule has 1 N–H and O–H groups in total. The lowest BCUT2D eigenvalue weighted by molar-refractivity contribution is 0.743. The van der Waals surface area contributed by atoms with Gasteiger partial charge in [0.2, 0.25) is 0 Å². The quantitative estimate of drug-likeness (QED) is 0.869. The van der Waals surface area contributed by atoms with E-state index in [4.69, 9.17) is 0 Å². The largest absolute Gasteiger partial charge is 0.309 e. The predicted molar refractivity (Wildman–Crippen MR) is 76.0 cm³/mol. The molecule has 0 atom stereocenters. The number of aromatic nitrogens is 1. The average molecular weight is 291 g/mol. The Morgan fingerprint density at radius 1 is 1.41 bits per heavy atom. The lowest BCUT2D eigenvalue weighted by Crippen LogP contribution is -2.15. The first-order valence-corrected chi connectivity index (χ1v) is 6.35. The number of pyridine rings is 1. The van der Waals surface area contributed by atoms with Gasteiger partial charge in [0.1, 0.15) is 0 Å². The molecule has 0 radical (unpaired) electrons. The third-order valence-corrected chi connectivity index (χ3v) is 3.23. The van der Waals surface area contributed by atoms with Gasteiger partial charge in [0, 0.05) is 29.1 Å². The van der Waals surface area contributed by atoms with Crippen LogP contribution in [0.1, 0.15) is 12.5 Å². The lowest BCUT2D eigenvalue weighted by Gasteiger charge is -2.08. The van der Waals surface area contributed by atoms with E-state index in [1.807, 2.05) is 19.2 Å². The molecule has 1 heterocycles. The van der Waals surface area contributed by atoms with Crippen LogP contribution in [0.2, 0.25) is 0 Å². The van der Waals surface area contributed by atoms with Crippen LogP contribution in [0, 0.1) is 0 Å². The van der Waals surface area contributed by atoms with Gasteiger partial charge >= 0.3 is 0 Å². The van der Waals surface area contributed by atoms with Crippen molar-refractivity contribution in [2.75, 3.05) is 6.54 Å². The molecule has 1 aromatic carbocycles. The van der Waals surface area contributed by atoms with Crippen LogP contribution >= 0.6 is 15.9 Å². The van der Waals surface area contributed by atoms with Crippen molar-refractivity contribution in [3.8, 4) is 0 Å². The van der Waals surface area contributed by atoms with Crippen molar-refractivity contribution in [3.63, 3.8) is 0 Å². The summed E-state index contributed by atoms with van der Waals surface area (Å²) in [6.07, 6.45) is 1.83. The van der Waals surface area contributed by atoms with Gasteiger partial charge in [0.15, 0.2) is 0 Å². The summed E-state index contributed by atoms with van der Waals surface area (Å²) in [5.74, 6) is 0. The molecule has 0 aliphatic rings. The first-order chi connectivity index (χ1) is 8.18. The molecule has 2 nitrogen and oxygen atoms in total. The molecule has 0 bridgehead atoms. The molecule has 0 amide bonds. The molecule has 0 fully saturated rings. The number of rotatable bonds is 4. The third kappa shape index (κ3) is 2.93. The molecule has 0 aliphatic heterocycles. The maximum atomic E-state index is 4.45. The van der Waals surface area contributed by atoms with E-state index in [9.17, 15) is 0 Å². The predicted octanol–water partition coefficient (Wildman–Crippen LogP) is 3.66. The number of halogens is 1. The Hall–Kier alpha value is -1.19. The van der Waals surface area contributed by atoms with Crippen LogP contribution in [0.3, 0.4) is 0 Å². The van der Waals surface area contributed by atoms with Crippen LogP contribution in [0.4, 0.5) is 0 Å². The Kier molecular flexibility index (Phi) is 3.92. The lowest BCUT2D eigenvalue weighted by atomic mass is 10.1. The van der Waals surface area contributed by atoms with Gasteiger partial charge in [-0.2, -0.15) is 0 Å². The summed E-state index contributed by atoms with van der Waals surface area (Å²) in [4.78, 5) is 4.45. The summed E-state index contributed by atoms with van der Waals surface area (Å²) in [6, 6.07) is 8.21. The van der Waals surface area contributed by atoms with Gasteiger partial charge in [0.05, 0.1) is 5.52 Å². The highest BCUT2D eigenvalue weighted by atomic mass is 79.9. The Bertz CT molecular complexity index is 549. The molecular weight excluding hydrogens is 276 g/mol. The SMILES string of the molecule is C=C(C)CNCc1ccc(Br)c2cccnc12. The van der Waals surface area contributed by atoms with Crippen LogP contribution in [-0.4, -0.2) is 11.5 Å². The van der Waals surface area contributed by atoms with Crippen molar-refractivity contribution in [1.29, 1.82) is 0 Å². The van der Waals surface area contributed by atoms with Gasteiger partial charge in [-0.1, -0.05) is 40.2 Å². The number of nitrogens with one attached hydrogen (secondary N) is 1. The standard InChI is InChI=1S/C14H15BrN2/c1-10(2)8-16-9-11-5-6-13(15)12-4-3-7-17-14(11)12/h3-7,16H,1,8-9H2,2H3. The van der Waals surface area contributed by atoms with E-state index >= 15 is 0 Å². The molecule has 0 spiro atoms. The summed E-state index contributed by atoms with van der Waals surface area (Å²) in [5.41, 5.74) is 3.40. The second-order valence-corrected chi connectivity index (χ2v) is 5.02. The second-order valence-electron chi connectivity index (χ2n) is 4.17. The highest BCUT2D eigenvalue weighted by molar-refractivity contribution is 9.10. The van der Waals surface area contributed by atoms with Crippen LogP contribution in [0.5, 0.6) is 0 Å². The van der Waals surface area contributed by atoms with Crippen molar-refractivity contribution in [2.24, 2.45) is 0 Å². The number of nitrogens with zero attached hydrogens (tertiary/aromatic N) is 1. The molecule has 3 heteroatoms. The molecule has 0 saturated carbocycles. The Morgan fingerprint density at radius 3 is 3.00 bits per heavy atom. The summed E-state index contributed by atoms with van der Waals surface area (Å²) >= 11 is 3.55. The number of hydrogen-bond acceptors (Lipinski definition) is 2. The van der Waals surface area contributed by atoms with Crippen LogP contribution < -0.4 is 5.32 Å². The van der Waals surface area contributed by atoms with E-state index in [0.717, 1.165) is 34.0 Å². The fourth-order valence-electron chi connectivity index (χ4n) is 1.75. The fraction of sp³-hybridized carbons (Fsp3) is 0.214. The van der Waals surface area contributed by atoms with E-state index in [2.05, 4.69) is 51.0 Å². The molecule has 2 rings (SSSR count). The molecule has 17 heavy (non-hydrogen) atoms. The molecule has 88 valence electrons. The molecular formula is C14H15BrN2. The van der Waals surface area contributed by atoms with E-state index < -0.39 is 0 Å². The Balaban J connectivity index is 2.28. The van der Waals surface area contributed by atoms with Gasteiger partial charge < -0.3 is 5.32 Å². The van der Waals surface area contributed by atoms with E-state index in [1.165, 1.54) is 5.56 Å². The first-order valence-electron chi connectivity index (χ1n) is 5.55. The van der Waals surface area contributed by atoms with E-state index in [1.54, 1.807) is 0 Å². The van der Waals surface area contributed by atoms with Gasteiger partial charge in [-0.3, -0.25) is 4.98 Å². The highest BCUT2D eigenvalue weighted by Crippen LogP contribution is 2.24. The highest BCUT2D eigenvalue weighted by Gasteiger charge is 2.04. The van der Waals surface area contributed by atoms with Crippen molar-refractivity contribution in [1.82, 2.24) is 10.3 Å². The van der Waals surface area contributed by atoms with Gasteiger partial charge in [0.25, 0.3) is 0 Å². The zero-order valence-corrected chi connectivity index (χ0v) is 11.4. The van der Waals surface area contributed by atoms with Crippen molar-refractivity contribution in [3.05, 3.63) is 52.7 Å². The topological polar surface area (TPSA) is 24.9 Å². The second kappa shape index (κ2) is 5.43. The number of fused-ring (bicyclic) bond motifs is 1. The Morgan fingerprint density at radius 2 is 2.24 bits per heavy atom. The summed E-state index contributed by atoms with van der Waals surface area (Å²) in [5, 5.41) is 4.51. The Labute approximate surface area is 110 Å². The van der Waals surface area contributed by atoms with Gasteiger partial charge in [-0.15, -0.1) is 0 Å². The van der Waals surface area contributed by atoms with E-state index in [-0.39, 0.29) is 0 Å². The summed E-state index contributed by atoms with van der Waals surface area (Å²) < 4.78 is 1.09. The van der Waals surface area contributed by atoms with Gasteiger partial charge in [-0.05, 0) is 24.6 Å². The van der Waals surface area contributed by atoms with Crippen LogP contribution in [-0.2, 0) is 6.54 Å². The maximum absolute atomic E-state index is 4.45. The van der Waals surface area contributed by atoms with Crippen molar-refractivity contribution < 1.29 is 0 Å². The minimum atomic E-state index is 0.813. The molecule has 2 aromatic rings. The van der Waals surface area contributed by atoms with Gasteiger partial charge in [-0.25, -0.2) is 0 Å². The maximum Gasteiger partial charge on any atom is 0.0758 e. The molecule has 0 saturated heterocycles. The summed E-state index contributed by atoms with van der Waals surface area (Å²) in [7, 11) is 0. The van der Waals surface area contributed by atoms with Crippen molar-refractivity contribution >= 4 is 26.8 Å².